The van der Waals surface area contributed by atoms with Crippen molar-refractivity contribution in [1.82, 2.24) is 9.97 Å². The molecule has 0 radical (unpaired) electrons. The average molecular weight is 258 g/mol. The van der Waals surface area contributed by atoms with Crippen LogP contribution in [0.3, 0.4) is 0 Å². The lowest BCUT2D eigenvalue weighted by Gasteiger charge is -2.14. The molecule has 0 bridgehead atoms. The van der Waals surface area contributed by atoms with Gasteiger partial charge in [0.2, 0.25) is 11.8 Å². The Labute approximate surface area is 112 Å². The molecule has 0 fully saturated rings. The van der Waals surface area contributed by atoms with Gasteiger partial charge in [-0.15, -0.1) is 0 Å². The Hall–Kier alpha value is -2.14. The zero-order valence-electron chi connectivity index (χ0n) is 11.3. The first-order valence-corrected chi connectivity index (χ1v) is 6.19. The number of anilines is 1. The maximum atomic E-state index is 5.90. The molecule has 2 rings (SSSR count). The van der Waals surface area contributed by atoms with E-state index in [1.807, 2.05) is 25.1 Å². The van der Waals surface area contributed by atoms with Crippen LogP contribution >= 0.6 is 0 Å². The lowest BCUT2D eigenvalue weighted by Crippen LogP contribution is -2.11. The molecule has 19 heavy (non-hydrogen) atoms. The van der Waals surface area contributed by atoms with Crippen LogP contribution in [0.25, 0.3) is 0 Å². The second-order valence-corrected chi connectivity index (χ2v) is 4.62. The van der Waals surface area contributed by atoms with Crippen molar-refractivity contribution in [3.8, 4) is 11.6 Å². The highest BCUT2D eigenvalue weighted by Crippen LogP contribution is 2.30. The van der Waals surface area contributed by atoms with Crippen LogP contribution in [0.15, 0.2) is 30.5 Å². The third kappa shape index (κ3) is 3.00. The number of nitrogen functional groups attached to an aromatic ring is 1. The number of aryl methyl sites for hydroxylation is 1. The fraction of sp³-hybridized carbons (Fsp3) is 0.286. The molecule has 100 valence electrons. The zero-order valence-corrected chi connectivity index (χ0v) is 11.3. The van der Waals surface area contributed by atoms with Gasteiger partial charge in [-0.25, -0.2) is 10.8 Å². The highest BCUT2D eigenvalue weighted by Gasteiger charge is 2.11. The summed E-state index contributed by atoms with van der Waals surface area (Å²) in [6.07, 6.45) is 1.68. The van der Waals surface area contributed by atoms with Gasteiger partial charge in [-0.2, -0.15) is 4.98 Å². The van der Waals surface area contributed by atoms with Crippen LogP contribution in [-0.2, 0) is 0 Å². The van der Waals surface area contributed by atoms with E-state index in [1.54, 1.807) is 6.20 Å². The van der Waals surface area contributed by atoms with Gasteiger partial charge >= 0.3 is 0 Å². The summed E-state index contributed by atoms with van der Waals surface area (Å²) in [5.41, 5.74) is 4.42. The Morgan fingerprint density at radius 1 is 1.26 bits per heavy atom. The van der Waals surface area contributed by atoms with E-state index in [-0.39, 0.29) is 0 Å². The van der Waals surface area contributed by atoms with Crippen molar-refractivity contribution in [1.29, 1.82) is 0 Å². The molecule has 0 amide bonds. The normalized spacial score (nSPS) is 10.6. The Morgan fingerprint density at radius 2 is 2.00 bits per heavy atom. The van der Waals surface area contributed by atoms with Crippen LogP contribution in [0.2, 0.25) is 0 Å². The van der Waals surface area contributed by atoms with E-state index in [2.05, 4.69) is 35.3 Å². The number of nitrogens with one attached hydrogen (secondary N) is 1. The number of aromatic nitrogens is 2. The van der Waals surface area contributed by atoms with Crippen molar-refractivity contribution in [3.05, 3.63) is 41.6 Å². The molecular formula is C14H18N4O. The predicted molar refractivity (Wildman–Crippen MR) is 75.2 cm³/mol. The van der Waals surface area contributed by atoms with Crippen LogP contribution in [0, 0.1) is 6.92 Å². The molecule has 5 nitrogen and oxygen atoms in total. The monoisotopic (exact) mass is 258 g/mol. The minimum atomic E-state index is 0.336. The third-order valence-corrected chi connectivity index (χ3v) is 2.80. The lowest BCUT2D eigenvalue weighted by molar-refractivity contribution is 0.450. The summed E-state index contributed by atoms with van der Waals surface area (Å²) < 4.78 is 5.90. The number of nitrogens with two attached hydrogens (primary N) is 1. The van der Waals surface area contributed by atoms with Gasteiger partial charge in [0.05, 0.1) is 0 Å². The van der Waals surface area contributed by atoms with Gasteiger partial charge < -0.3 is 4.74 Å². The van der Waals surface area contributed by atoms with Crippen LogP contribution in [-0.4, -0.2) is 9.97 Å². The minimum Gasteiger partial charge on any atom is -0.438 e. The van der Waals surface area contributed by atoms with E-state index in [1.165, 1.54) is 0 Å². The molecule has 1 heterocycles. The predicted octanol–water partition coefficient (Wildman–Crippen LogP) is 2.99. The van der Waals surface area contributed by atoms with Crippen molar-refractivity contribution in [3.63, 3.8) is 0 Å². The quantitative estimate of drug-likeness (QED) is 0.651. The van der Waals surface area contributed by atoms with Gasteiger partial charge in [0.25, 0.3) is 0 Å². The first-order valence-electron chi connectivity index (χ1n) is 6.19. The molecule has 5 heteroatoms. The molecule has 3 N–H and O–H groups in total. The molecular weight excluding hydrogens is 240 g/mol. The van der Waals surface area contributed by atoms with Crippen molar-refractivity contribution in [2.24, 2.45) is 5.84 Å². The van der Waals surface area contributed by atoms with Crippen molar-refractivity contribution in [2.75, 3.05) is 5.43 Å². The maximum absolute atomic E-state index is 5.90. The molecule has 0 aliphatic rings. The summed E-state index contributed by atoms with van der Waals surface area (Å²) in [4.78, 5) is 8.25. The number of hydrogen-bond donors (Lipinski definition) is 2. The minimum absolute atomic E-state index is 0.336. The summed E-state index contributed by atoms with van der Waals surface area (Å²) in [5.74, 6) is 7.34. The number of para-hydroxylation sites is 1. The Balaban J connectivity index is 2.36. The Bertz CT molecular complexity index is 569. The average Bonchev–Trinajstić information content (AvgIpc) is 2.41. The third-order valence-electron chi connectivity index (χ3n) is 2.80. The van der Waals surface area contributed by atoms with E-state index in [9.17, 15) is 0 Å². The molecule has 0 unspecified atom stereocenters. The second-order valence-electron chi connectivity index (χ2n) is 4.62. The van der Waals surface area contributed by atoms with Gasteiger partial charge in [0.15, 0.2) is 0 Å². The molecule has 1 aromatic carbocycles. The highest BCUT2D eigenvalue weighted by molar-refractivity contribution is 5.40. The van der Waals surface area contributed by atoms with Gasteiger partial charge in [-0.1, -0.05) is 32.0 Å². The molecule has 0 spiro atoms. The van der Waals surface area contributed by atoms with Crippen LogP contribution in [0.4, 0.5) is 5.95 Å². The van der Waals surface area contributed by atoms with Gasteiger partial charge in [0, 0.05) is 11.8 Å². The summed E-state index contributed by atoms with van der Waals surface area (Å²) in [6, 6.07) is 7.94. The molecule has 0 atom stereocenters. The summed E-state index contributed by atoms with van der Waals surface area (Å²) in [5, 5.41) is 0. The zero-order chi connectivity index (χ0) is 13.8. The van der Waals surface area contributed by atoms with Crippen molar-refractivity contribution >= 4 is 5.95 Å². The SMILES string of the molecule is Cc1cnc(NN)nc1Oc1ccccc1C(C)C. The summed E-state index contributed by atoms with van der Waals surface area (Å²) >= 11 is 0. The number of benzene rings is 1. The van der Waals surface area contributed by atoms with E-state index >= 15 is 0 Å². The lowest BCUT2D eigenvalue weighted by atomic mass is 10.0. The van der Waals surface area contributed by atoms with Crippen molar-refractivity contribution in [2.45, 2.75) is 26.7 Å². The van der Waals surface area contributed by atoms with Gasteiger partial charge in [-0.3, -0.25) is 5.43 Å². The van der Waals surface area contributed by atoms with Gasteiger partial charge in [-0.05, 0) is 24.5 Å². The van der Waals surface area contributed by atoms with Crippen LogP contribution in [0.1, 0.15) is 30.9 Å². The van der Waals surface area contributed by atoms with Crippen LogP contribution < -0.4 is 16.0 Å². The second kappa shape index (κ2) is 5.67. The van der Waals surface area contributed by atoms with Gasteiger partial charge in [0.1, 0.15) is 5.75 Å². The summed E-state index contributed by atoms with van der Waals surface area (Å²) in [7, 11) is 0. The highest BCUT2D eigenvalue weighted by atomic mass is 16.5. The molecule has 1 aromatic heterocycles. The summed E-state index contributed by atoms with van der Waals surface area (Å²) in [6.45, 7) is 6.15. The molecule has 0 saturated heterocycles. The molecule has 0 aliphatic heterocycles. The fourth-order valence-corrected chi connectivity index (χ4v) is 1.75. The number of nitrogens with zero attached hydrogens (tertiary/aromatic N) is 2. The number of ether oxygens (including phenoxy) is 1. The molecule has 2 aromatic rings. The first kappa shape index (κ1) is 13.3. The number of hydrogen-bond acceptors (Lipinski definition) is 5. The number of rotatable bonds is 4. The standard InChI is InChI=1S/C14H18N4O/c1-9(2)11-6-4-5-7-12(11)19-13-10(3)8-16-14(17-13)18-15/h4-9H,15H2,1-3H3,(H,16,17,18). The Kier molecular flexibility index (Phi) is 3.97. The Morgan fingerprint density at radius 3 is 2.68 bits per heavy atom. The van der Waals surface area contributed by atoms with E-state index in [0.29, 0.717) is 17.7 Å². The van der Waals surface area contributed by atoms with Crippen LogP contribution in [0.5, 0.6) is 11.6 Å². The fourth-order valence-electron chi connectivity index (χ4n) is 1.75. The van der Waals surface area contributed by atoms with E-state index < -0.39 is 0 Å². The first-order chi connectivity index (χ1) is 9.11. The molecule has 0 saturated carbocycles. The van der Waals surface area contributed by atoms with Crippen molar-refractivity contribution < 1.29 is 4.74 Å². The topological polar surface area (TPSA) is 73.1 Å². The maximum Gasteiger partial charge on any atom is 0.240 e. The number of hydrazine groups is 1. The van der Waals surface area contributed by atoms with E-state index in [4.69, 9.17) is 10.6 Å². The largest absolute Gasteiger partial charge is 0.438 e. The smallest absolute Gasteiger partial charge is 0.240 e. The van der Waals surface area contributed by atoms with E-state index in [0.717, 1.165) is 16.9 Å². The molecule has 0 aliphatic carbocycles.